The first-order chi connectivity index (χ1) is 11.0. The minimum Gasteiger partial charge on any atom is -0.478 e. The highest BCUT2D eigenvalue weighted by molar-refractivity contribution is 5.91. The molecule has 3 rings (SSSR count). The van der Waals surface area contributed by atoms with E-state index in [1.54, 1.807) is 23.1 Å². The van der Waals surface area contributed by atoms with Crippen molar-refractivity contribution < 1.29 is 19.5 Å². The topological polar surface area (TPSA) is 86.7 Å². The van der Waals surface area contributed by atoms with Gasteiger partial charge >= 0.3 is 5.97 Å². The maximum absolute atomic E-state index is 12.5. The van der Waals surface area contributed by atoms with E-state index in [-0.39, 0.29) is 29.2 Å². The molecule has 122 valence electrons. The smallest absolute Gasteiger partial charge is 0.335 e. The Hall–Kier alpha value is -2.37. The molecule has 23 heavy (non-hydrogen) atoms. The number of piperidine rings is 1. The van der Waals surface area contributed by atoms with E-state index in [1.807, 2.05) is 0 Å². The van der Waals surface area contributed by atoms with E-state index in [1.165, 1.54) is 6.07 Å². The molecular formula is C17H20N2O4. The molecule has 0 aromatic heterocycles. The summed E-state index contributed by atoms with van der Waals surface area (Å²) in [4.78, 5) is 36.9. The molecule has 1 spiro atoms. The van der Waals surface area contributed by atoms with Gasteiger partial charge in [-0.05, 0) is 29.9 Å². The molecule has 1 aromatic carbocycles. The van der Waals surface area contributed by atoms with Gasteiger partial charge in [0.05, 0.1) is 12.0 Å². The Morgan fingerprint density at radius 1 is 1.22 bits per heavy atom. The monoisotopic (exact) mass is 316 g/mol. The average Bonchev–Trinajstić information content (AvgIpc) is 2.89. The summed E-state index contributed by atoms with van der Waals surface area (Å²) in [6, 6.07) is 6.61. The summed E-state index contributed by atoms with van der Waals surface area (Å²) in [5.41, 5.74) is 0.732. The van der Waals surface area contributed by atoms with E-state index in [0.29, 0.717) is 31.6 Å². The van der Waals surface area contributed by atoms with Crippen LogP contribution < -0.4 is 5.32 Å². The van der Waals surface area contributed by atoms with Gasteiger partial charge in [-0.3, -0.25) is 9.59 Å². The maximum Gasteiger partial charge on any atom is 0.335 e. The van der Waals surface area contributed by atoms with E-state index in [9.17, 15) is 19.5 Å². The van der Waals surface area contributed by atoms with Gasteiger partial charge in [-0.1, -0.05) is 18.2 Å². The zero-order chi connectivity index (χ0) is 16.4. The molecule has 2 aliphatic rings. The molecule has 2 amide bonds. The van der Waals surface area contributed by atoms with Gasteiger partial charge in [0.25, 0.3) is 0 Å². The third-order valence-electron chi connectivity index (χ3n) is 4.96. The normalized spacial score (nSPS) is 19.7. The second-order valence-electron chi connectivity index (χ2n) is 6.47. The number of carboxylic acids is 1. The molecule has 0 atom stereocenters. The van der Waals surface area contributed by atoms with Gasteiger partial charge in [0.1, 0.15) is 0 Å². The van der Waals surface area contributed by atoms with Crippen molar-refractivity contribution in [1.82, 2.24) is 10.2 Å². The van der Waals surface area contributed by atoms with Gasteiger partial charge < -0.3 is 15.3 Å². The second-order valence-corrected chi connectivity index (χ2v) is 6.47. The van der Waals surface area contributed by atoms with E-state index in [4.69, 9.17) is 0 Å². The van der Waals surface area contributed by atoms with Crippen molar-refractivity contribution in [3.63, 3.8) is 0 Å². The van der Waals surface area contributed by atoms with Crippen LogP contribution in [0.2, 0.25) is 0 Å². The van der Waals surface area contributed by atoms with Crippen LogP contribution in [0.15, 0.2) is 24.3 Å². The summed E-state index contributed by atoms with van der Waals surface area (Å²) in [5.74, 6) is -0.965. The lowest BCUT2D eigenvalue weighted by Crippen LogP contribution is -2.44. The summed E-state index contributed by atoms with van der Waals surface area (Å²) < 4.78 is 0. The fraction of sp³-hybridized carbons (Fsp3) is 0.471. The third-order valence-corrected chi connectivity index (χ3v) is 4.96. The van der Waals surface area contributed by atoms with E-state index in [2.05, 4.69) is 5.32 Å². The van der Waals surface area contributed by atoms with Gasteiger partial charge in [0.2, 0.25) is 11.8 Å². The van der Waals surface area contributed by atoms with Gasteiger partial charge in [0, 0.05) is 26.1 Å². The number of carboxylic acid groups (broad SMARTS) is 1. The van der Waals surface area contributed by atoms with Gasteiger partial charge in [0.15, 0.2) is 0 Å². The highest BCUT2D eigenvalue weighted by atomic mass is 16.4. The fourth-order valence-corrected chi connectivity index (χ4v) is 3.49. The number of likely N-dealkylation sites (tertiary alicyclic amines) is 1. The molecule has 2 heterocycles. The molecule has 0 unspecified atom stereocenters. The number of hydrogen-bond acceptors (Lipinski definition) is 3. The number of carbonyl (C=O) groups is 3. The Balaban J connectivity index is 1.62. The molecule has 0 bridgehead atoms. The first-order valence-corrected chi connectivity index (χ1v) is 7.85. The van der Waals surface area contributed by atoms with Crippen molar-refractivity contribution in [3.8, 4) is 0 Å². The van der Waals surface area contributed by atoms with Crippen LogP contribution in [0.1, 0.15) is 35.2 Å². The number of benzene rings is 1. The predicted molar refractivity (Wildman–Crippen MR) is 83.0 cm³/mol. The Kier molecular flexibility index (Phi) is 4.07. The predicted octanol–water partition coefficient (Wildman–Crippen LogP) is 1.06. The summed E-state index contributed by atoms with van der Waals surface area (Å²) in [5, 5.41) is 12.1. The number of hydrogen-bond donors (Lipinski definition) is 2. The molecule has 6 nitrogen and oxygen atoms in total. The fourth-order valence-electron chi connectivity index (χ4n) is 3.49. The first-order valence-electron chi connectivity index (χ1n) is 7.85. The van der Waals surface area contributed by atoms with Crippen LogP contribution in [0.5, 0.6) is 0 Å². The highest BCUT2D eigenvalue weighted by Gasteiger charge is 2.41. The molecule has 2 saturated heterocycles. The number of aromatic carboxylic acids is 1. The largest absolute Gasteiger partial charge is 0.478 e. The minimum absolute atomic E-state index is 0.00678. The number of carbonyl (C=O) groups excluding carboxylic acids is 2. The molecule has 0 saturated carbocycles. The number of rotatable bonds is 3. The van der Waals surface area contributed by atoms with Crippen molar-refractivity contribution in [2.45, 2.75) is 25.7 Å². The van der Waals surface area contributed by atoms with E-state index >= 15 is 0 Å². The summed E-state index contributed by atoms with van der Waals surface area (Å²) in [6.45, 7) is 1.96. The van der Waals surface area contributed by atoms with Gasteiger partial charge in [-0.25, -0.2) is 4.79 Å². The Morgan fingerprint density at radius 2 is 1.91 bits per heavy atom. The molecule has 0 radical (unpaired) electrons. The lowest BCUT2D eigenvalue weighted by molar-refractivity contribution is -0.132. The molecule has 2 aliphatic heterocycles. The first kappa shape index (κ1) is 15.5. The lowest BCUT2D eigenvalue weighted by atomic mass is 9.77. The Morgan fingerprint density at radius 3 is 2.52 bits per heavy atom. The van der Waals surface area contributed by atoms with E-state index in [0.717, 1.165) is 12.8 Å². The third kappa shape index (κ3) is 3.21. The van der Waals surface area contributed by atoms with Crippen molar-refractivity contribution in [2.24, 2.45) is 5.41 Å². The molecular weight excluding hydrogens is 296 g/mol. The Bertz CT molecular complexity index is 648. The second kappa shape index (κ2) is 6.02. The van der Waals surface area contributed by atoms with Crippen LogP contribution in [-0.2, 0) is 16.0 Å². The minimum atomic E-state index is -1.01. The summed E-state index contributed by atoms with van der Waals surface area (Å²) in [6.07, 6.45) is 2.29. The number of amides is 2. The number of nitrogens with one attached hydrogen (secondary N) is 1. The van der Waals surface area contributed by atoms with Crippen molar-refractivity contribution in [2.75, 3.05) is 19.6 Å². The average molecular weight is 316 g/mol. The number of nitrogens with zero attached hydrogens (tertiary/aromatic N) is 1. The zero-order valence-corrected chi connectivity index (χ0v) is 12.9. The SMILES string of the molecule is O=C1CC2(CCN(C(=O)Cc3ccccc3C(=O)O)CC2)CN1. The maximum atomic E-state index is 12.5. The van der Waals surface area contributed by atoms with Crippen LogP contribution in [0.4, 0.5) is 0 Å². The Labute approximate surface area is 134 Å². The van der Waals surface area contributed by atoms with E-state index < -0.39 is 5.97 Å². The van der Waals surface area contributed by atoms with Crippen LogP contribution in [0, 0.1) is 5.41 Å². The van der Waals surface area contributed by atoms with Crippen LogP contribution >= 0.6 is 0 Å². The van der Waals surface area contributed by atoms with Crippen molar-refractivity contribution in [1.29, 1.82) is 0 Å². The van der Waals surface area contributed by atoms with Crippen molar-refractivity contribution >= 4 is 17.8 Å². The summed E-state index contributed by atoms with van der Waals surface area (Å²) in [7, 11) is 0. The molecule has 0 aliphatic carbocycles. The zero-order valence-electron chi connectivity index (χ0n) is 12.9. The molecule has 6 heteroatoms. The quantitative estimate of drug-likeness (QED) is 0.873. The van der Waals surface area contributed by atoms with Crippen LogP contribution in [-0.4, -0.2) is 47.4 Å². The summed E-state index contributed by atoms with van der Waals surface area (Å²) >= 11 is 0. The molecule has 1 aromatic rings. The molecule has 2 N–H and O–H groups in total. The van der Waals surface area contributed by atoms with Crippen LogP contribution in [0.3, 0.4) is 0 Å². The van der Waals surface area contributed by atoms with Gasteiger partial charge in [-0.2, -0.15) is 0 Å². The highest BCUT2D eigenvalue weighted by Crippen LogP contribution is 2.37. The standard InChI is InChI=1S/C17H20N2O4/c20-14-10-17(11-18-14)5-7-19(8-6-17)15(21)9-12-3-1-2-4-13(12)16(22)23/h1-4H,5-11H2,(H,18,20)(H,22,23). The lowest BCUT2D eigenvalue weighted by Gasteiger charge is -2.38. The van der Waals surface area contributed by atoms with Crippen molar-refractivity contribution in [3.05, 3.63) is 35.4 Å². The van der Waals surface area contributed by atoms with Gasteiger partial charge in [-0.15, -0.1) is 0 Å². The van der Waals surface area contributed by atoms with Crippen LogP contribution in [0.25, 0.3) is 0 Å². The molecule has 2 fully saturated rings.